The Morgan fingerprint density at radius 1 is 1.53 bits per heavy atom. The van der Waals surface area contributed by atoms with E-state index in [9.17, 15) is 4.79 Å². The van der Waals surface area contributed by atoms with Crippen LogP contribution in [0.2, 0.25) is 0 Å². The minimum absolute atomic E-state index is 0.145. The van der Waals surface area contributed by atoms with E-state index in [0.29, 0.717) is 24.7 Å². The summed E-state index contributed by atoms with van der Waals surface area (Å²) in [5, 5.41) is 7.17. The molecule has 0 saturated heterocycles. The lowest BCUT2D eigenvalue weighted by Crippen LogP contribution is -2.27. The largest absolute Gasteiger partial charge is 0.463 e. The highest BCUT2D eigenvalue weighted by molar-refractivity contribution is 5.93. The van der Waals surface area contributed by atoms with E-state index >= 15 is 0 Å². The summed E-state index contributed by atoms with van der Waals surface area (Å²) in [5.74, 6) is 0.993. The number of furan rings is 1. The zero-order valence-corrected chi connectivity index (χ0v) is 11.5. The number of hydrogen-bond acceptors (Lipinski definition) is 3. The molecule has 0 bridgehead atoms. The molecule has 0 aliphatic rings. The van der Waals surface area contributed by atoms with Crippen molar-refractivity contribution in [2.75, 3.05) is 6.54 Å². The van der Waals surface area contributed by atoms with Gasteiger partial charge in [-0.05, 0) is 25.0 Å². The van der Waals surface area contributed by atoms with Crippen LogP contribution in [0.4, 0.5) is 0 Å². The number of amides is 1. The molecule has 5 heteroatoms. The second kappa shape index (κ2) is 5.73. The molecule has 0 spiro atoms. The number of nitrogens with zero attached hydrogens (tertiary/aromatic N) is 2. The lowest BCUT2D eigenvalue weighted by molar-refractivity contribution is 0.0943. The Labute approximate surface area is 112 Å². The van der Waals surface area contributed by atoms with Crippen molar-refractivity contribution in [2.45, 2.75) is 27.3 Å². The molecule has 0 aromatic carbocycles. The Morgan fingerprint density at radius 3 is 2.89 bits per heavy atom. The van der Waals surface area contributed by atoms with E-state index in [2.05, 4.69) is 24.3 Å². The van der Waals surface area contributed by atoms with Crippen LogP contribution in [0.3, 0.4) is 0 Å². The zero-order chi connectivity index (χ0) is 13.8. The van der Waals surface area contributed by atoms with Crippen LogP contribution in [0, 0.1) is 5.92 Å². The number of aryl methyl sites for hydroxylation is 1. The Kier molecular flexibility index (Phi) is 4.04. The Hall–Kier alpha value is -2.04. The quantitative estimate of drug-likeness (QED) is 0.899. The highest BCUT2D eigenvalue weighted by Crippen LogP contribution is 2.21. The van der Waals surface area contributed by atoms with Crippen LogP contribution in [0.15, 0.2) is 28.9 Å². The molecule has 19 heavy (non-hydrogen) atoms. The number of nitrogens with one attached hydrogen (secondary N) is 1. The molecule has 2 aromatic rings. The summed E-state index contributed by atoms with van der Waals surface area (Å²) in [6.07, 6.45) is 1.61. The fraction of sp³-hybridized carbons (Fsp3) is 0.429. The van der Waals surface area contributed by atoms with Crippen LogP contribution < -0.4 is 5.32 Å². The molecule has 0 radical (unpaired) electrons. The van der Waals surface area contributed by atoms with Crippen molar-refractivity contribution in [3.63, 3.8) is 0 Å². The topological polar surface area (TPSA) is 60.1 Å². The standard InChI is InChI=1S/C14H19N3O2/c1-4-17-12(13-6-5-7-19-13)8-11(16-17)14(18)15-9-10(2)3/h5-8,10H,4,9H2,1-3H3,(H,15,18). The smallest absolute Gasteiger partial charge is 0.271 e. The SMILES string of the molecule is CCn1nc(C(=O)NCC(C)C)cc1-c1ccco1. The second-order valence-electron chi connectivity index (χ2n) is 4.81. The van der Waals surface area contributed by atoms with Crippen LogP contribution in [-0.2, 0) is 6.54 Å². The van der Waals surface area contributed by atoms with Gasteiger partial charge in [0, 0.05) is 19.2 Å². The number of hydrogen-bond donors (Lipinski definition) is 1. The van der Waals surface area contributed by atoms with Crippen LogP contribution in [0.5, 0.6) is 0 Å². The van der Waals surface area contributed by atoms with Gasteiger partial charge < -0.3 is 9.73 Å². The minimum Gasteiger partial charge on any atom is -0.463 e. The third-order valence-electron chi connectivity index (χ3n) is 2.76. The first kappa shape index (κ1) is 13.4. The Morgan fingerprint density at radius 2 is 2.32 bits per heavy atom. The summed E-state index contributed by atoms with van der Waals surface area (Å²) in [4.78, 5) is 12.0. The summed E-state index contributed by atoms with van der Waals surface area (Å²) < 4.78 is 7.13. The predicted molar refractivity (Wildman–Crippen MR) is 72.8 cm³/mol. The molecular formula is C14H19N3O2. The van der Waals surface area contributed by atoms with Crippen LogP contribution in [-0.4, -0.2) is 22.2 Å². The molecule has 0 aliphatic carbocycles. The monoisotopic (exact) mass is 261 g/mol. The minimum atomic E-state index is -0.145. The lowest BCUT2D eigenvalue weighted by Gasteiger charge is -2.05. The van der Waals surface area contributed by atoms with Crippen LogP contribution >= 0.6 is 0 Å². The summed E-state index contributed by atoms with van der Waals surface area (Å²) in [5.41, 5.74) is 1.25. The first-order valence-electron chi connectivity index (χ1n) is 6.51. The fourth-order valence-corrected chi connectivity index (χ4v) is 1.78. The second-order valence-corrected chi connectivity index (χ2v) is 4.81. The average Bonchev–Trinajstić information content (AvgIpc) is 3.03. The van der Waals surface area contributed by atoms with Gasteiger partial charge in [-0.1, -0.05) is 13.8 Å². The van der Waals surface area contributed by atoms with Crippen molar-refractivity contribution >= 4 is 5.91 Å². The molecule has 0 atom stereocenters. The van der Waals surface area contributed by atoms with Crippen molar-refractivity contribution in [3.05, 3.63) is 30.2 Å². The van der Waals surface area contributed by atoms with E-state index in [1.54, 1.807) is 17.0 Å². The van der Waals surface area contributed by atoms with Gasteiger partial charge in [-0.2, -0.15) is 5.10 Å². The van der Waals surface area contributed by atoms with Gasteiger partial charge in [-0.3, -0.25) is 9.48 Å². The van der Waals surface area contributed by atoms with Gasteiger partial charge in [0.2, 0.25) is 0 Å². The molecule has 2 heterocycles. The third-order valence-corrected chi connectivity index (χ3v) is 2.76. The Balaban J connectivity index is 2.21. The summed E-state index contributed by atoms with van der Waals surface area (Å²) in [6, 6.07) is 5.44. The van der Waals surface area contributed by atoms with Gasteiger partial charge >= 0.3 is 0 Å². The molecule has 2 aromatic heterocycles. The normalized spacial score (nSPS) is 10.9. The van der Waals surface area contributed by atoms with Crippen molar-refractivity contribution < 1.29 is 9.21 Å². The molecule has 0 saturated carbocycles. The maximum atomic E-state index is 12.0. The molecule has 0 fully saturated rings. The first-order valence-corrected chi connectivity index (χ1v) is 6.51. The van der Waals surface area contributed by atoms with E-state index in [1.807, 2.05) is 19.1 Å². The van der Waals surface area contributed by atoms with E-state index in [4.69, 9.17) is 4.42 Å². The van der Waals surface area contributed by atoms with Gasteiger partial charge in [-0.25, -0.2) is 0 Å². The van der Waals surface area contributed by atoms with Crippen molar-refractivity contribution in [1.82, 2.24) is 15.1 Å². The van der Waals surface area contributed by atoms with Crippen molar-refractivity contribution in [1.29, 1.82) is 0 Å². The first-order chi connectivity index (χ1) is 9.11. The van der Waals surface area contributed by atoms with E-state index in [1.165, 1.54) is 0 Å². The maximum absolute atomic E-state index is 12.0. The summed E-state index contributed by atoms with van der Waals surface area (Å²) in [6.45, 7) is 7.43. The van der Waals surface area contributed by atoms with E-state index in [0.717, 1.165) is 11.5 Å². The Bertz CT molecular complexity index is 541. The van der Waals surface area contributed by atoms with Gasteiger partial charge in [0.15, 0.2) is 11.5 Å². The van der Waals surface area contributed by atoms with Gasteiger partial charge in [-0.15, -0.1) is 0 Å². The van der Waals surface area contributed by atoms with Crippen LogP contribution in [0.1, 0.15) is 31.3 Å². The number of carbonyl (C=O) groups excluding carboxylic acids is 1. The van der Waals surface area contributed by atoms with E-state index in [-0.39, 0.29) is 5.91 Å². The highest BCUT2D eigenvalue weighted by Gasteiger charge is 2.16. The molecular weight excluding hydrogens is 242 g/mol. The van der Waals surface area contributed by atoms with Crippen molar-refractivity contribution in [2.24, 2.45) is 5.92 Å². The zero-order valence-electron chi connectivity index (χ0n) is 11.5. The summed E-state index contributed by atoms with van der Waals surface area (Å²) >= 11 is 0. The fourth-order valence-electron chi connectivity index (χ4n) is 1.78. The number of carbonyl (C=O) groups is 1. The molecule has 1 N–H and O–H groups in total. The predicted octanol–water partition coefficient (Wildman–Crippen LogP) is 2.55. The highest BCUT2D eigenvalue weighted by atomic mass is 16.3. The number of aromatic nitrogens is 2. The number of rotatable bonds is 5. The maximum Gasteiger partial charge on any atom is 0.271 e. The third kappa shape index (κ3) is 3.05. The molecule has 5 nitrogen and oxygen atoms in total. The van der Waals surface area contributed by atoms with Gasteiger partial charge in [0.25, 0.3) is 5.91 Å². The van der Waals surface area contributed by atoms with Gasteiger partial charge in [0.05, 0.1) is 6.26 Å². The van der Waals surface area contributed by atoms with E-state index < -0.39 is 0 Å². The molecule has 102 valence electrons. The average molecular weight is 261 g/mol. The molecule has 1 amide bonds. The lowest BCUT2D eigenvalue weighted by atomic mass is 10.2. The molecule has 2 rings (SSSR count). The summed E-state index contributed by atoms with van der Waals surface area (Å²) in [7, 11) is 0. The molecule has 0 unspecified atom stereocenters. The van der Waals surface area contributed by atoms with Gasteiger partial charge in [0.1, 0.15) is 5.69 Å². The molecule has 0 aliphatic heterocycles. The van der Waals surface area contributed by atoms with Crippen molar-refractivity contribution in [3.8, 4) is 11.5 Å². The van der Waals surface area contributed by atoms with Crippen LogP contribution in [0.25, 0.3) is 11.5 Å².